The smallest absolute Gasteiger partial charge is 0.408 e. The number of alkyl halides is 2. The Morgan fingerprint density at radius 2 is 1.88 bits per heavy atom. The standard InChI is InChI=1S/C19H31F2N5O5S/c1-19(2,3)31-18(28)24-16(12-7-5-4-6-8-12)17(27)23-14-9-10-15(26-25-14)32(29,30)22-11-13(20)21/h9-10,12-13,16-17,22,27H,4-8,11H2,1-3H3,(H,23,25)(H,24,28)/t16-,17-/m0/s1. The summed E-state index contributed by atoms with van der Waals surface area (Å²) in [6.07, 6.45) is -0.0893. The number of sulfonamides is 1. The van der Waals surface area contributed by atoms with E-state index in [9.17, 15) is 27.1 Å². The van der Waals surface area contributed by atoms with Crippen molar-refractivity contribution >= 4 is 21.9 Å². The third-order valence-electron chi connectivity index (χ3n) is 4.82. The predicted octanol–water partition coefficient (Wildman–Crippen LogP) is 2.22. The Hall–Kier alpha value is -2.12. The van der Waals surface area contributed by atoms with Crippen LogP contribution in [0.4, 0.5) is 19.4 Å². The molecular formula is C19H31F2N5O5S. The number of amides is 1. The van der Waals surface area contributed by atoms with Gasteiger partial charge in [0.25, 0.3) is 16.4 Å². The number of ether oxygens (including phenoxy) is 1. The maximum absolute atomic E-state index is 12.3. The molecule has 0 radical (unpaired) electrons. The fourth-order valence-electron chi connectivity index (χ4n) is 3.42. The molecule has 10 nitrogen and oxygen atoms in total. The molecule has 2 rings (SSSR count). The number of nitrogens with one attached hydrogen (secondary N) is 3. The summed E-state index contributed by atoms with van der Waals surface area (Å²) < 4.78 is 55.4. The van der Waals surface area contributed by atoms with E-state index in [0.29, 0.717) is 0 Å². The normalized spacial score (nSPS) is 17.6. The van der Waals surface area contributed by atoms with Crippen molar-refractivity contribution in [2.75, 3.05) is 11.9 Å². The molecule has 0 aromatic carbocycles. The van der Waals surface area contributed by atoms with Crippen molar-refractivity contribution in [2.45, 2.75) is 82.2 Å². The Morgan fingerprint density at radius 3 is 2.41 bits per heavy atom. The maximum atomic E-state index is 12.3. The van der Waals surface area contributed by atoms with Crippen LogP contribution in [0, 0.1) is 5.92 Å². The lowest BCUT2D eigenvalue weighted by molar-refractivity contribution is 0.0366. The molecule has 1 aliphatic carbocycles. The number of aliphatic hydroxyl groups is 1. The van der Waals surface area contributed by atoms with Crippen LogP contribution in [0.5, 0.6) is 0 Å². The van der Waals surface area contributed by atoms with Crippen LogP contribution >= 0.6 is 0 Å². The van der Waals surface area contributed by atoms with E-state index in [4.69, 9.17) is 4.74 Å². The van der Waals surface area contributed by atoms with Crippen molar-refractivity contribution in [3.05, 3.63) is 12.1 Å². The number of carbonyl (C=O) groups is 1. The summed E-state index contributed by atoms with van der Waals surface area (Å²) in [6, 6.07) is 1.65. The van der Waals surface area contributed by atoms with Crippen LogP contribution in [0.15, 0.2) is 17.2 Å². The Kier molecular flexibility index (Phi) is 9.10. The van der Waals surface area contributed by atoms with E-state index >= 15 is 0 Å². The average Bonchev–Trinajstić information content (AvgIpc) is 2.70. The van der Waals surface area contributed by atoms with Crippen LogP contribution in [0.2, 0.25) is 0 Å². The molecule has 32 heavy (non-hydrogen) atoms. The third kappa shape index (κ3) is 8.43. The molecule has 0 saturated heterocycles. The highest BCUT2D eigenvalue weighted by Crippen LogP contribution is 2.28. The van der Waals surface area contributed by atoms with Crippen molar-refractivity contribution in [2.24, 2.45) is 5.92 Å². The van der Waals surface area contributed by atoms with E-state index in [2.05, 4.69) is 20.8 Å². The molecule has 0 unspecified atom stereocenters. The summed E-state index contributed by atoms with van der Waals surface area (Å²) in [6.45, 7) is 4.16. The van der Waals surface area contributed by atoms with Crippen LogP contribution < -0.4 is 15.4 Å². The van der Waals surface area contributed by atoms with Gasteiger partial charge >= 0.3 is 6.09 Å². The fraction of sp³-hybridized carbons (Fsp3) is 0.737. The van der Waals surface area contributed by atoms with Crippen molar-refractivity contribution in [1.29, 1.82) is 0 Å². The lowest BCUT2D eigenvalue weighted by Gasteiger charge is -2.34. The number of carbonyl (C=O) groups excluding carboxylic acids is 1. The summed E-state index contributed by atoms with van der Waals surface area (Å²) in [7, 11) is -4.23. The zero-order chi connectivity index (χ0) is 23.9. The van der Waals surface area contributed by atoms with Gasteiger partial charge in [0.2, 0.25) is 0 Å². The zero-order valence-electron chi connectivity index (χ0n) is 18.3. The van der Waals surface area contributed by atoms with E-state index in [0.717, 1.165) is 38.2 Å². The molecule has 4 N–H and O–H groups in total. The first-order valence-corrected chi connectivity index (χ1v) is 11.9. The number of aliphatic hydroxyl groups excluding tert-OH is 1. The minimum Gasteiger partial charge on any atom is -0.444 e. The summed E-state index contributed by atoms with van der Waals surface area (Å²) in [5.74, 6) is 0.0574. The second-order valence-corrected chi connectivity index (χ2v) is 10.4. The number of rotatable bonds is 9. The molecule has 1 fully saturated rings. The number of alkyl carbamates (subject to hydrolysis) is 1. The third-order valence-corrected chi connectivity index (χ3v) is 6.14. The largest absolute Gasteiger partial charge is 0.444 e. The molecule has 1 aromatic rings. The Morgan fingerprint density at radius 1 is 1.22 bits per heavy atom. The predicted molar refractivity (Wildman–Crippen MR) is 113 cm³/mol. The molecule has 0 spiro atoms. The van der Waals surface area contributed by atoms with Gasteiger partial charge in [-0.2, -0.15) is 0 Å². The summed E-state index contributed by atoms with van der Waals surface area (Å²) in [4.78, 5) is 12.3. The van der Waals surface area contributed by atoms with Gasteiger partial charge in [0, 0.05) is 0 Å². The van der Waals surface area contributed by atoms with Crippen LogP contribution in [0.3, 0.4) is 0 Å². The number of aromatic nitrogens is 2. The molecule has 182 valence electrons. The van der Waals surface area contributed by atoms with Crippen LogP contribution in [0.25, 0.3) is 0 Å². The number of anilines is 1. The molecule has 1 aromatic heterocycles. The quantitative estimate of drug-likeness (QED) is 0.395. The topological polar surface area (TPSA) is 143 Å². The highest BCUT2D eigenvalue weighted by molar-refractivity contribution is 7.89. The van der Waals surface area contributed by atoms with E-state index in [1.807, 2.05) is 0 Å². The van der Waals surface area contributed by atoms with Crippen LogP contribution in [-0.4, -0.2) is 60.7 Å². The number of hydrogen-bond acceptors (Lipinski definition) is 8. The van der Waals surface area contributed by atoms with E-state index in [1.54, 1.807) is 25.5 Å². The minimum atomic E-state index is -4.23. The van der Waals surface area contributed by atoms with Gasteiger partial charge in [-0.25, -0.2) is 26.7 Å². The molecule has 1 saturated carbocycles. The second kappa shape index (κ2) is 11.1. The van der Waals surface area contributed by atoms with Gasteiger partial charge in [-0.15, -0.1) is 10.2 Å². The number of nitrogens with zero attached hydrogens (tertiary/aromatic N) is 2. The Bertz CT molecular complexity index is 843. The lowest BCUT2D eigenvalue weighted by atomic mass is 9.83. The van der Waals surface area contributed by atoms with E-state index in [1.165, 1.54) is 6.07 Å². The van der Waals surface area contributed by atoms with Gasteiger partial charge in [0.15, 0.2) is 10.8 Å². The van der Waals surface area contributed by atoms with Gasteiger partial charge < -0.3 is 20.5 Å². The highest BCUT2D eigenvalue weighted by Gasteiger charge is 2.33. The molecular weight excluding hydrogens is 448 g/mol. The summed E-state index contributed by atoms with van der Waals surface area (Å²) in [5, 5.41) is 22.9. The molecule has 13 heteroatoms. The number of hydrogen-bond donors (Lipinski definition) is 4. The van der Waals surface area contributed by atoms with Gasteiger partial charge in [-0.05, 0) is 51.7 Å². The molecule has 1 heterocycles. The molecule has 2 atom stereocenters. The molecule has 0 aliphatic heterocycles. The molecule has 0 bridgehead atoms. The molecule has 1 aliphatic rings. The van der Waals surface area contributed by atoms with Crippen molar-refractivity contribution in [3.8, 4) is 0 Å². The van der Waals surface area contributed by atoms with Crippen molar-refractivity contribution in [3.63, 3.8) is 0 Å². The van der Waals surface area contributed by atoms with Gasteiger partial charge in [0.1, 0.15) is 11.8 Å². The first-order valence-electron chi connectivity index (χ1n) is 10.4. The van der Waals surface area contributed by atoms with E-state index < -0.39 is 52.0 Å². The van der Waals surface area contributed by atoms with Gasteiger partial charge in [0.05, 0.1) is 12.6 Å². The van der Waals surface area contributed by atoms with Gasteiger partial charge in [-0.3, -0.25) is 0 Å². The first-order chi connectivity index (χ1) is 14.9. The lowest BCUT2D eigenvalue weighted by Crippen LogP contribution is -2.52. The first kappa shape index (κ1) is 26.1. The Balaban J connectivity index is 2.09. The van der Waals surface area contributed by atoms with E-state index in [-0.39, 0.29) is 11.7 Å². The van der Waals surface area contributed by atoms with Crippen LogP contribution in [-0.2, 0) is 14.8 Å². The zero-order valence-corrected chi connectivity index (χ0v) is 19.2. The minimum absolute atomic E-state index is 0.00456. The maximum Gasteiger partial charge on any atom is 0.408 e. The van der Waals surface area contributed by atoms with Crippen molar-refractivity contribution < 1.29 is 31.8 Å². The molecule has 1 amide bonds. The van der Waals surface area contributed by atoms with Gasteiger partial charge in [-0.1, -0.05) is 19.3 Å². The average molecular weight is 480 g/mol. The summed E-state index contributed by atoms with van der Waals surface area (Å²) in [5.41, 5.74) is -0.704. The van der Waals surface area contributed by atoms with Crippen LogP contribution in [0.1, 0.15) is 52.9 Å². The highest BCUT2D eigenvalue weighted by atomic mass is 32.2. The number of halogens is 2. The fourth-order valence-corrected chi connectivity index (χ4v) is 4.31. The second-order valence-electron chi connectivity index (χ2n) is 8.66. The summed E-state index contributed by atoms with van der Waals surface area (Å²) >= 11 is 0. The SMILES string of the molecule is CC(C)(C)OC(=O)N[C@@H](C1CCCCC1)[C@H](O)Nc1ccc(S(=O)(=O)NCC(F)F)nn1. The monoisotopic (exact) mass is 479 g/mol. The Labute approximate surface area is 186 Å². The van der Waals surface area contributed by atoms with Crippen molar-refractivity contribution in [1.82, 2.24) is 20.2 Å².